The van der Waals surface area contributed by atoms with Crippen LogP contribution in [-0.4, -0.2) is 6.61 Å². The molecular formula is C24H40O. The number of ether oxygens (including phenoxy) is 1. The second-order valence-corrected chi connectivity index (χ2v) is 8.05. The van der Waals surface area contributed by atoms with Crippen LogP contribution in [0.4, 0.5) is 0 Å². The average molecular weight is 345 g/mol. The zero-order valence-corrected chi connectivity index (χ0v) is 16.8. The molecule has 1 aromatic rings. The van der Waals surface area contributed by atoms with Crippen LogP contribution in [0.25, 0.3) is 0 Å². The zero-order chi connectivity index (χ0) is 17.7. The molecule has 0 saturated heterocycles. The van der Waals surface area contributed by atoms with Crippen LogP contribution in [0, 0.1) is 5.92 Å². The quantitative estimate of drug-likeness (QED) is 0.350. The van der Waals surface area contributed by atoms with Crippen LogP contribution in [0.2, 0.25) is 0 Å². The lowest BCUT2D eigenvalue weighted by molar-refractivity contribution is 0.299. The van der Waals surface area contributed by atoms with Gasteiger partial charge in [-0.15, -0.1) is 0 Å². The molecule has 0 radical (unpaired) electrons. The Morgan fingerprint density at radius 2 is 1.40 bits per heavy atom. The summed E-state index contributed by atoms with van der Waals surface area (Å²) in [4.78, 5) is 0. The molecule has 1 nitrogen and oxygen atoms in total. The number of hydrogen-bond donors (Lipinski definition) is 0. The molecule has 1 saturated carbocycles. The predicted octanol–water partition coefficient (Wildman–Crippen LogP) is 7.89. The molecule has 0 heterocycles. The highest BCUT2D eigenvalue weighted by atomic mass is 16.5. The first kappa shape index (κ1) is 20.3. The summed E-state index contributed by atoms with van der Waals surface area (Å²) < 4.78 is 5.84. The fraction of sp³-hybridized carbons (Fsp3) is 0.750. The van der Waals surface area contributed by atoms with E-state index < -0.39 is 0 Å². The molecule has 142 valence electrons. The van der Waals surface area contributed by atoms with E-state index in [2.05, 4.69) is 38.1 Å². The third-order valence-corrected chi connectivity index (χ3v) is 5.93. The van der Waals surface area contributed by atoms with Crippen LogP contribution < -0.4 is 4.74 Å². The lowest BCUT2D eigenvalue weighted by Gasteiger charge is -2.29. The minimum absolute atomic E-state index is 0.783. The minimum Gasteiger partial charge on any atom is -0.494 e. The maximum Gasteiger partial charge on any atom is 0.119 e. The summed E-state index contributed by atoms with van der Waals surface area (Å²) in [5.41, 5.74) is 1.53. The highest BCUT2D eigenvalue weighted by Crippen LogP contribution is 2.38. The lowest BCUT2D eigenvalue weighted by Crippen LogP contribution is -2.13. The first-order valence-corrected chi connectivity index (χ1v) is 11.1. The van der Waals surface area contributed by atoms with Crippen molar-refractivity contribution in [2.45, 2.75) is 103 Å². The maximum atomic E-state index is 5.84. The van der Waals surface area contributed by atoms with Gasteiger partial charge in [0, 0.05) is 0 Å². The van der Waals surface area contributed by atoms with E-state index in [1.54, 1.807) is 0 Å². The van der Waals surface area contributed by atoms with Crippen molar-refractivity contribution in [2.75, 3.05) is 6.61 Å². The molecule has 0 aromatic heterocycles. The molecule has 0 bridgehead atoms. The normalized spacial score (nSPS) is 20.6. The SMILES string of the molecule is CCCCCCCC1CCC(c2ccc(OCCCCC)cc2)CC1. The van der Waals surface area contributed by atoms with Gasteiger partial charge in [-0.05, 0) is 61.6 Å². The summed E-state index contributed by atoms with van der Waals surface area (Å²) in [6.45, 7) is 5.39. The largest absolute Gasteiger partial charge is 0.494 e. The fourth-order valence-corrected chi connectivity index (χ4v) is 4.20. The van der Waals surface area contributed by atoms with Crippen molar-refractivity contribution >= 4 is 0 Å². The van der Waals surface area contributed by atoms with Crippen LogP contribution >= 0.6 is 0 Å². The van der Waals surface area contributed by atoms with E-state index >= 15 is 0 Å². The van der Waals surface area contributed by atoms with Gasteiger partial charge >= 0.3 is 0 Å². The molecule has 0 amide bonds. The molecule has 25 heavy (non-hydrogen) atoms. The standard InChI is InChI=1S/C24H40O/c1-3-5-7-8-9-11-21-12-14-22(15-13-21)23-16-18-24(19-17-23)25-20-10-6-4-2/h16-19,21-22H,3-15,20H2,1-2H3. The molecule has 0 atom stereocenters. The first-order chi connectivity index (χ1) is 12.3. The number of benzene rings is 1. The predicted molar refractivity (Wildman–Crippen MR) is 110 cm³/mol. The second kappa shape index (κ2) is 12.4. The molecule has 1 heteroatoms. The zero-order valence-electron chi connectivity index (χ0n) is 16.8. The van der Waals surface area contributed by atoms with E-state index in [1.807, 2.05) is 0 Å². The molecule has 0 aliphatic heterocycles. The third kappa shape index (κ3) is 7.84. The number of rotatable bonds is 12. The monoisotopic (exact) mass is 344 g/mol. The van der Waals surface area contributed by atoms with Crippen LogP contribution in [0.15, 0.2) is 24.3 Å². The van der Waals surface area contributed by atoms with Crippen molar-refractivity contribution in [3.63, 3.8) is 0 Å². The van der Waals surface area contributed by atoms with Crippen molar-refractivity contribution < 1.29 is 4.74 Å². The Morgan fingerprint density at radius 1 is 0.760 bits per heavy atom. The van der Waals surface area contributed by atoms with Crippen LogP contribution in [-0.2, 0) is 0 Å². The van der Waals surface area contributed by atoms with Gasteiger partial charge in [-0.25, -0.2) is 0 Å². The van der Waals surface area contributed by atoms with Crippen LogP contribution in [0.3, 0.4) is 0 Å². The van der Waals surface area contributed by atoms with Gasteiger partial charge < -0.3 is 4.74 Å². The van der Waals surface area contributed by atoms with Gasteiger partial charge in [-0.1, -0.05) is 77.3 Å². The van der Waals surface area contributed by atoms with E-state index in [0.717, 1.165) is 24.2 Å². The molecule has 0 spiro atoms. The molecule has 2 rings (SSSR count). The fourth-order valence-electron chi connectivity index (χ4n) is 4.20. The lowest BCUT2D eigenvalue weighted by atomic mass is 9.77. The Kier molecular flexibility index (Phi) is 10.1. The van der Waals surface area contributed by atoms with Gasteiger partial charge in [0.2, 0.25) is 0 Å². The molecule has 1 aromatic carbocycles. The van der Waals surface area contributed by atoms with E-state index in [4.69, 9.17) is 4.74 Å². The Hall–Kier alpha value is -0.980. The summed E-state index contributed by atoms with van der Waals surface area (Å²) in [5, 5.41) is 0. The van der Waals surface area contributed by atoms with Gasteiger partial charge in [0.25, 0.3) is 0 Å². The number of hydrogen-bond acceptors (Lipinski definition) is 1. The summed E-state index contributed by atoms with van der Waals surface area (Å²) in [6.07, 6.45) is 17.9. The highest BCUT2D eigenvalue weighted by molar-refractivity contribution is 5.29. The molecule has 0 N–H and O–H groups in total. The van der Waals surface area contributed by atoms with Gasteiger partial charge in [-0.2, -0.15) is 0 Å². The minimum atomic E-state index is 0.783. The average Bonchev–Trinajstić information content (AvgIpc) is 2.66. The van der Waals surface area contributed by atoms with E-state index in [0.29, 0.717) is 0 Å². The first-order valence-electron chi connectivity index (χ1n) is 11.1. The van der Waals surface area contributed by atoms with Gasteiger partial charge in [0.05, 0.1) is 6.61 Å². The maximum absolute atomic E-state index is 5.84. The Labute approximate surface area is 156 Å². The van der Waals surface area contributed by atoms with Gasteiger partial charge in [-0.3, -0.25) is 0 Å². The Bertz CT molecular complexity index is 428. The Morgan fingerprint density at radius 3 is 2.08 bits per heavy atom. The summed E-state index contributed by atoms with van der Waals surface area (Å²) >= 11 is 0. The second-order valence-electron chi connectivity index (χ2n) is 8.05. The molecule has 1 fully saturated rings. The molecule has 1 aliphatic carbocycles. The van der Waals surface area contributed by atoms with Crippen LogP contribution in [0.1, 0.15) is 109 Å². The summed E-state index contributed by atoms with van der Waals surface area (Å²) in [5.74, 6) is 2.82. The van der Waals surface area contributed by atoms with Gasteiger partial charge in [0.15, 0.2) is 0 Å². The summed E-state index contributed by atoms with van der Waals surface area (Å²) in [7, 11) is 0. The number of unbranched alkanes of at least 4 members (excludes halogenated alkanes) is 6. The summed E-state index contributed by atoms with van der Waals surface area (Å²) in [6, 6.07) is 8.98. The topological polar surface area (TPSA) is 9.23 Å². The van der Waals surface area contributed by atoms with Crippen molar-refractivity contribution in [1.29, 1.82) is 0 Å². The molecular weight excluding hydrogens is 304 g/mol. The van der Waals surface area contributed by atoms with E-state index in [9.17, 15) is 0 Å². The highest BCUT2D eigenvalue weighted by Gasteiger charge is 2.22. The van der Waals surface area contributed by atoms with E-state index in [-0.39, 0.29) is 0 Å². The molecule has 0 unspecified atom stereocenters. The van der Waals surface area contributed by atoms with Crippen molar-refractivity contribution in [3.05, 3.63) is 29.8 Å². The third-order valence-electron chi connectivity index (χ3n) is 5.93. The van der Waals surface area contributed by atoms with Crippen molar-refractivity contribution in [2.24, 2.45) is 5.92 Å². The smallest absolute Gasteiger partial charge is 0.119 e. The Balaban J connectivity index is 1.64. The molecule has 1 aliphatic rings. The van der Waals surface area contributed by atoms with E-state index in [1.165, 1.54) is 89.0 Å². The van der Waals surface area contributed by atoms with Crippen molar-refractivity contribution in [3.8, 4) is 5.75 Å². The van der Waals surface area contributed by atoms with Crippen LogP contribution in [0.5, 0.6) is 5.75 Å². The van der Waals surface area contributed by atoms with Gasteiger partial charge in [0.1, 0.15) is 5.75 Å². The van der Waals surface area contributed by atoms with Crippen molar-refractivity contribution in [1.82, 2.24) is 0 Å².